The summed E-state index contributed by atoms with van der Waals surface area (Å²) >= 11 is 3.12. The zero-order valence-electron chi connectivity index (χ0n) is 11.9. The predicted molar refractivity (Wildman–Crippen MR) is 79.6 cm³/mol. The molecule has 0 unspecified atom stereocenters. The van der Waals surface area contributed by atoms with Crippen molar-refractivity contribution in [3.05, 3.63) is 39.9 Å². The van der Waals surface area contributed by atoms with Gasteiger partial charge in [-0.25, -0.2) is 14.2 Å². The fourth-order valence-electron chi connectivity index (χ4n) is 1.85. The molecule has 1 aromatic carbocycles. The fraction of sp³-hybridized carbons (Fsp3) is 0.333. The Bertz CT molecular complexity index is 667. The summed E-state index contributed by atoms with van der Waals surface area (Å²) in [6, 6.07) is 4.80. The minimum Gasteiger partial charge on any atom is -0.460 e. The number of benzene rings is 1. The maximum absolute atomic E-state index is 14.1. The van der Waals surface area contributed by atoms with Gasteiger partial charge in [0.05, 0.1) is 22.3 Å². The molecular formula is C15H15BrFNO3. The second kappa shape index (κ2) is 6.39. The molecule has 0 aliphatic rings. The van der Waals surface area contributed by atoms with Gasteiger partial charge in [0, 0.05) is 0 Å². The summed E-state index contributed by atoms with van der Waals surface area (Å²) in [5.41, 5.74) is 0.657. The third-order valence-electron chi connectivity index (χ3n) is 2.84. The first-order valence-corrected chi connectivity index (χ1v) is 7.37. The van der Waals surface area contributed by atoms with E-state index in [1.165, 1.54) is 0 Å². The zero-order valence-corrected chi connectivity index (χ0v) is 13.5. The highest BCUT2D eigenvalue weighted by Gasteiger charge is 2.25. The van der Waals surface area contributed by atoms with Gasteiger partial charge in [0.25, 0.3) is 0 Å². The second-order valence-electron chi connectivity index (χ2n) is 4.71. The minimum atomic E-state index is -0.588. The molecule has 0 atom stereocenters. The van der Waals surface area contributed by atoms with E-state index in [-0.39, 0.29) is 29.7 Å². The number of esters is 1. The highest BCUT2D eigenvalue weighted by Crippen LogP contribution is 2.31. The molecule has 1 aromatic heterocycles. The summed E-state index contributed by atoms with van der Waals surface area (Å²) < 4.78 is 24.8. The van der Waals surface area contributed by atoms with Gasteiger partial charge < -0.3 is 9.15 Å². The molecule has 0 radical (unpaired) electrons. The van der Waals surface area contributed by atoms with Gasteiger partial charge >= 0.3 is 5.97 Å². The molecule has 0 N–H and O–H groups in total. The van der Waals surface area contributed by atoms with Crippen LogP contribution in [0.25, 0.3) is 11.5 Å². The van der Waals surface area contributed by atoms with Crippen molar-refractivity contribution >= 4 is 21.9 Å². The molecule has 1 heterocycles. The second-order valence-corrected chi connectivity index (χ2v) is 5.56. The van der Waals surface area contributed by atoms with E-state index in [4.69, 9.17) is 9.15 Å². The van der Waals surface area contributed by atoms with Crippen molar-refractivity contribution in [2.24, 2.45) is 0 Å². The van der Waals surface area contributed by atoms with E-state index in [2.05, 4.69) is 20.9 Å². The Hall–Kier alpha value is -1.69. The van der Waals surface area contributed by atoms with Crippen LogP contribution in [0.3, 0.4) is 0 Å². The van der Waals surface area contributed by atoms with Gasteiger partial charge in [-0.1, -0.05) is 19.9 Å². The third kappa shape index (κ3) is 3.15. The molecule has 0 saturated carbocycles. The van der Waals surface area contributed by atoms with Crippen LogP contribution in [0.2, 0.25) is 0 Å². The van der Waals surface area contributed by atoms with Gasteiger partial charge in [-0.15, -0.1) is 0 Å². The normalized spacial score (nSPS) is 11.0. The van der Waals surface area contributed by atoms with Crippen LogP contribution in [0, 0.1) is 5.82 Å². The largest absolute Gasteiger partial charge is 0.460 e. The molecule has 0 aliphatic carbocycles. The summed E-state index contributed by atoms with van der Waals surface area (Å²) in [7, 11) is 0. The first-order chi connectivity index (χ1) is 9.95. The smallest absolute Gasteiger partial charge is 0.376 e. The average molecular weight is 356 g/mol. The molecule has 0 aliphatic heterocycles. The van der Waals surface area contributed by atoms with E-state index < -0.39 is 11.8 Å². The van der Waals surface area contributed by atoms with Crippen LogP contribution in [-0.2, 0) is 4.74 Å². The molecule has 0 fully saturated rings. The molecule has 2 rings (SSSR count). The Labute approximate surface area is 130 Å². The number of nitrogens with zero attached hydrogens (tertiary/aromatic N) is 1. The first-order valence-electron chi connectivity index (χ1n) is 6.57. The quantitative estimate of drug-likeness (QED) is 0.755. The van der Waals surface area contributed by atoms with Crippen LogP contribution < -0.4 is 0 Å². The van der Waals surface area contributed by atoms with Gasteiger partial charge in [-0.2, -0.15) is 0 Å². The number of ether oxygens (including phenoxy) is 1. The molecule has 21 heavy (non-hydrogen) atoms. The maximum atomic E-state index is 14.1. The highest BCUT2D eigenvalue weighted by atomic mass is 79.9. The maximum Gasteiger partial charge on any atom is 0.376 e. The predicted octanol–water partition coefficient (Wildman–Crippen LogP) is 4.54. The molecule has 0 amide bonds. The van der Waals surface area contributed by atoms with Gasteiger partial charge in [0.1, 0.15) is 5.82 Å². The van der Waals surface area contributed by atoms with Crippen LogP contribution in [-0.4, -0.2) is 17.6 Å². The molecule has 4 nitrogen and oxygen atoms in total. The third-order valence-corrected chi connectivity index (χ3v) is 3.46. The molecule has 0 spiro atoms. The summed E-state index contributed by atoms with van der Waals surface area (Å²) in [5, 5.41) is 0. The Kier molecular flexibility index (Phi) is 4.77. The molecule has 6 heteroatoms. The number of oxazole rings is 1. The lowest BCUT2D eigenvalue weighted by Gasteiger charge is -2.02. The van der Waals surface area contributed by atoms with Crippen molar-refractivity contribution in [1.29, 1.82) is 0 Å². The van der Waals surface area contributed by atoms with E-state index in [9.17, 15) is 9.18 Å². The van der Waals surface area contributed by atoms with Crippen LogP contribution >= 0.6 is 15.9 Å². The number of carbonyl (C=O) groups excluding carboxylic acids is 1. The number of hydrogen-bond donors (Lipinski definition) is 0. The Morgan fingerprint density at radius 2 is 2.19 bits per heavy atom. The van der Waals surface area contributed by atoms with E-state index in [1.807, 2.05) is 13.8 Å². The van der Waals surface area contributed by atoms with Crippen molar-refractivity contribution in [2.75, 3.05) is 6.61 Å². The summed E-state index contributed by atoms with van der Waals surface area (Å²) in [6.07, 6.45) is 0. The number of aromatic nitrogens is 1. The lowest BCUT2D eigenvalue weighted by Crippen LogP contribution is -2.07. The van der Waals surface area contributed by atoms with E-state index in [0.717, 1.165) is 0 Å². The Morgan fingerprint density at radius 1 is 1.48 bits per heavy atom. The number of carbonyl (C=O) groups is 1. The standard InChI is InChI=1S/C15H15BrFNO3/c1-4-20-15(19)13-12(8(2)3)18-14(21-13)9-6-5-7-10(16)11(9)17/h5-8H,4H2,1-3H3. The monoisotopic (exact) mass is 355 g/mol. The number of hydrogen-bond acceptors (Lipinski definition) is 4. The van der Waals surface area contributed by atoms with Crippen molar-refractivity contribution in [1.82, 2.24) is 4.98 Å². The van der Waals surface area contributed by atoms with Crippen molar-refractivity contribution in [3.63, 3.8) is 0 Å². The van der Waals surface area contributed by atoms with Crippen LogP contribution in [0.1, 0.15) is 42.9 Å². The topological polar surface area (TPSA) is 52.3 Å². The Balaban J connectivity index is 2.54. The summed E-state index contributed by atoms with van der Waals surface area (Å²) in [5.74, 6) is -1.02. The SMILES string of the molecule is CCOC(=O)c1oc(-c2cccc(Br)c2F)nc1C(C)C. The zero-order chi connectivity index (χ0) is 15.6. The van der Waals surface area contributed by atoms with Crippen LogP contribution in [0.15, 0.2) is 27.1 Å². The minimum absolute atomic E-state index is 0.0289. The summed E-state index contributed by atoms with van der Waals surface area (Å²) in [6.45, 7) is 5.69. The first kappa shape index (κ1) is 15.7. The molecule has 0 bridgehead atoms. The average Bonchev–Trinajstić information content (AvgIpc) is 2.87. The summed E-state index contributed by atoms with van der Waals surface area (Å²) in [4.78, 5) is 16.2. The van der Waals surface area contributed by atoms with E-state index in [1.54, 1.807) is 25.1 Å². The van der Waals surface area contributed by atoms with E-state index in [0.29, 0.717) is 10.2 Å². The fourth-order valence-corrected chi connectivity index (χ4v) is 2.22. The van der Waals surface area contributed by atoms with Crippen LogP contribution in [0.5, 0.6) is 0 Å². The lowest BCUT2D eigenvalue weighted by atomic mass is 10.1. The van der Waals surface area contributed by atoms with Gasteiger partial charge in [-0.3, -0.25) is 0 Å². The lowest BCUT2D eigenvalue weighted by molar-refractivity contribution is 0.0488. The molecule has 2 aromatic rings. The van der Waals surface area contributed by atoms with E-state index >= 15 is 0 Å². The molecule has 112 valence electrons. The molecule has 0 saturated heterocycles. The Morgan fingerprint density at radius 3 is 2.81 bits per heavy atom. The van der Waals surface area contributed by atoms with Gasteiger partial charge in [0.2, 0.25) is 11.7 Å². The van der Waals surface area contributed by atoms with Crippen LogP contribution in [0.4, 0.5) is 4.39 Å². The number of rotatable bonds is 4. The molecular weight excluding hydrogens is 341 g/mol. The van der Waals surface area contributed by atoms with Crippen molar-refractivity contribution in [3.8, 4) is 11.5 Å². The van der Waals surface area contributed by atoms with Crippen molar-refractivity contribution < 1.29 is 18.3 Å². The van der Waals surface area contributed by atoms with Gasteiger partial charge in [-0.05, 0) is 40.9 Å². The van der Waals surface area contributed by atoms with Crippen molar-refractivity contribution in [2.45, 2.75) is 26.7 Å². The van der Waals surface area contributed by atoms with Gasteiger partial charge in [0.15, 0.2) is 0 Å². The highest BCUT2D eigenvalue weighted by molar-refractivity contribution is 9.10. The number of halogens is 2.